The molecule has 0 saturated carbocycles. The number of thiazole rings is 1. The number of carbonyl (C=O) groups excluding carboxylic acids is 1. The first kappa shape index (κ1) is 15.4. The molecule has 1 N–H and O–H groups in total. The molecule has 0 unspecified atom stereocenters. The van der Waals surface area contributed by atoms with Gasteiger partial charge in [0.15, 0.2) is 16.7 Å². The van der Waals surface area contributed by atoms with Crippen LogP contribution < -0.4 is 10.1 Å². The lowest BCUT2D eigenvalue weighted by molar-refractivity contribution is -0.116. The van der Waals surface area contributed by atoms with Gasteiger partial charge in [0.05, 0.1) is 12.8 Å². The van der Waals surface area contributed by atoms with Crippen LogP contribution in [0.5, 0.6) is 5.75 Å². The van der Waals surface area contributed by atoms with Gasteiger partial charge in [-0.2, -0.15) is 0 Å². The van der Waals surface area contributed by atoms with Crippen LogP contribution in [0.15, 0.2) is 18.2 Å². The normalized spacial score (nSPS) is 10.5. The van der Waals surface area contributed by atoms with Crippen LogP contribution in [0.4, 0.5) is 9.52 Å². The smallest absolute Gasteiger partial charge is 0.226 e. The minimum atomic E-state index is -0.415. The summed E-state index contributed by atoms with van der Waals surface area (Å²) < 4.78 is 18.4. The van der Waals surface area contributed by atoms with E-state index in [2.05, 4.69) is 10.3 Å². The zero-order chi connectivity index (χ0) is 15.4. The molecule has 0 saturated heterocycles. The molecule has 1 amide bonds. The van der Waals surface area contributed by atoms with Gasteiger partial charge in [0, 0.05) is 11.3 Å². The van der Waals surface area contributed by atoms with Crippen LogP contribution in [-0.4, -0.2) is 18.0 Å². The third-order valence-electron chi connectivity index (χ3n) is 3.13. The fourth-order valence-electron chi connectivity index (χ4n) is 1.83. The third-order valence-corrected chi connectivity index (χ3v) is 4.12. The molecule has 0 radical (unpaired) electrons. The van der Waals surface area contributed by atoms with E-state index in [0.29, 0.717) is 11.6 Å². The molecule has 0 aliphatic rings. The van der Waals surface area contributed by atoms with Crippen LogP contribution in [0.1, 0.15) is 22.6 Å². The number of aryl methyl sites for hydroxylation is 3. The Balaban J connectivity index is 1.90. The molecule has 2 aromatic rings. The van der Waals surface area contributed by atoms with E-state index >= 15 is 0 Å². The van der Waals surface area contributed by atoms with Crippen molar-refractivity contribution in [3.63, 3.8) is 0 Å². The summed E-state index contributed by atoms with van der Waals surface area (Å²) in [6.07, 6.45) is 0.750. The minimum absolute atomic E-state index is 0.125. The van der Waals surface area contributed by atoms with E-state index in [1.54, 1.807) is 12.1 Å². The summed E-state index contributed by atoms with van der Waals surface area (Å²) in [5.74, 6) is -0.335. The van der Waals surface area contributed by atoms with Crippen molar-refractivity contribution in [1.82, 2.24) is 4.98 Å². The highest BCUT2D eigenvalue weighted by molar-refractivity contribution is 7.15. The van der Waals surface area contributed by atoms with Gasteiger partial charge in [-0.3, -0.25) is 4.79 Å². The lowest BCUT2D eigenvalue weighted by atomic mass is 10.1. The van der Waals surface area contributed by atoms with Crippen molar-refractivity contribution in [2.75, 3.05) is 12.4 Å². The fourth-order valence-corrected chi connectivity index (χ4v) is 2.66. The number of rotatable bonds is 5. The number of anilines is 1. The van der Waals surface area contributed by atoms with Crippen molar-refractivity contribution in [2.24, 2.45) is 0 Å². The summed E-state index contributed by atoms with van der Waals surface area (Å²) in [7, 11) is 1.42. The topological polar surface area (TPSA) is 51.2 Å². The van der Waals surface area contributed by atoms with Crippen LogP contribution in [0.25, 0.3) is 0 Å². The molecule has 0 spiro atoms. The number of nitrogens with zero attached hydrogens (tertiary/aromatic N) is 1. The monoisotopic (exact) mass is 308 g/mol. The number of nitrogens with one attached hydrogen (secondary N) is 1. The molecule has 112 valence electrons. The molecule has 2 rings (SSSR count). The zero-order valence-corrected chi connectivity index (χ0v) is 13.0. The van der Waals surface area contributed by atoms with E-state index in [1.165, 1.54) is 24.5 Å². The summed E-state index contributed by atoms with van der Waals surface area (Å²) >= 11 is 1.45. The molecule has 0 bridgehead atoms. The molecule has 21 heavy (non-hydrogen) atoms. The second-order valence-corrected chi connectivity index (χ2v) is 5.88. The highest BCUT2D eigenvalue weighted by atomic mass is 32.1. The predicted octanol–water partition coefficient (Wildman–Crippen LogP) is 3.48. The van der Waals surface area contributed by atoms with Crippen molar-refractivity contribution in [1.29, 1.82) is 0 Å². The van der Waals surface area contributed by atoms with Crippen molar-refractivity contribution < 1.29 is 13.9 Å². The SMILES string of the molecule is COc1ccc(CCC(=O)Nc2nc(C)c(C)s2)cc1F. The van der Waals surface area contributed by atoms with Gasteiger partial charge in [-0.15, -0.1) is 11.3 Å². The second kappa shape index (κ2) is 6.67. The van der Waals surface area contributed by atoms with Crippen LogP contribution in [0, 0.1) is 19.7 Å². The summed E-state index contributed by atoms with van der Waals surface area (Å²) in [5.41, 5.74) is 1.68. The first-order valence-electron chi connectivity index (χ1n) is 6.56. The average molecular weight is 308 g/mol. The predicted molar refractivity (Wildman–Crippen MR) is 81.5 cm³/mol. The van der Waals surface area contributed by atoms with Crippen LogP contribution in [-0.2, 0) is 11.2 Å². The molecule has 0 aliphatic heterocycles. The van der Waals surface area contributed by atoms with Crippen molar-refractivity contribution in [3.05, 3.63) is 40.2 Å². The van der Waals surface area contributed by atoms with E-state index in [0.717, 1.165) is 16.1 Å². The first-order valence-corrected chi connectivity index (χ1v) is 7.37. The molecule has 0 atom stereocenters. The molecular formula is C15H17FN2O2S. The van der Waals surface area contributed by atoms with E-state index in [9.17, 15) is 9.18 Å². The Hall–Kier alpha value is -1.95. The first-order chi connectivity index (χ1) is 9.99. The van der Waals surface area contributed by atoms with Gasteiger partial charge in [-0.1, -0.05) is 6.07 Å². The Morgan fingerprint density at radius 2 is 2.19 bits per heavy atom. The maximum atomic E-state index is 13.5. The van der Waals surface area contributed by atoms with Crippen LogP contribution >= 0.6 is 11.3 Å². The lowest BCUT2D eigenvalue weighted by Gasteiger charge is -2.05. The molecule has 1 heterocycles. The Bertz CT molecular complexity index is 636. The van der Waals surface area contributed by atoms with E-state index in [4.69, 9.17) is 4.74 Å². The molecule has 1 aromatic heterocycles. The number of amides is 1. The van der Waals surface area contributed by atoms with Gasteiger partial charge in [-0.25, -0.2) is 9.37 Å². The van der Waals surface area contributed by atoms with Crippen molar-refractivity contribution >= 4 is 22.4 Å². The highest BCUT2D eigenvalue weighted by Crippen LogP contribution is 2.22. The van der Waals surface area contributed by atoms with Crippen LogP contribution in [0.3, 0.4) is 0 Å². The Labute approximate surface area is 127 Å². The van der Waals surface area contributed by atoms with E-state index < -0.39 is 5.82 Å². The van der Waals surface area contributed by atoms with Gasteiger partial charge in [0.2, 0.25) is 5.91 Å². The maximum Gasteiger partial charge on any atom is 0.226 e. The Kier molecular flexibility index (Phi) is 4.90. The largest absolute Gasteiger partial charge is 0.494 e. The average Bonchev–Trinajstić information content (AvgIpc) is 2.75. The summed E-state index contributed by atoms with van der Waals surface area (Å²) in [5, 5.41) is 3.37. The molecule has 6 heteroatoms. The number of aromatic nitrogens is 1. The van der Waals surface area contributed by atoms with Gasteiger partial charge >= 0.3 is 0 Å². The highest BCUT2D eigenvalue weighted by Gasteiger charge is 2.09. The number of carbonyl (C=O) groups is 1. The molecule has 4 nitrogen and oxygen atoms in total. The standard InChI is InChI=1S/C15H17FN2O2S/c1-9-10(2)21-15(17-9)18-14(19)7-5-11-4-6-13(20-3)12(16)8-11/h4,6,8H,5,7H2,1-3H3,(H,17,18,19). The summed E-state index contributed by atoms with van der Waals surface area (Å²) in [6, 6.07) is 4.72. The van der Waals surface area contributed by atoms with Crippen molar-refractivity contribution in [2.45, 2.75) is 26.7 Å². The van der Waals surface area contributed by atoms with Gasteiger partial charge in [-0.05, 0) is 38.0 Å². The van der Waals surface area contributed by atoms with Gasteiger partial charge in [0.1, 0.15) is 0 Å². The quantitative estimate of drug-likeness (QED) is 0.920. The number of hydrogen-bond donors (Lipinski definition) is 1. The van der Waals surface area contributed by atoms with Gasteiger partial charge < -0.3 is 10.1 Å². The number of hydrogen-bond acceptors (Lipinski definition) is 4. The zero-order valence-electron chi connectivity index (χ0n) is 12.2. The van der Waals surface area contributed by atoms with E-state index in [-0.39, 0.29) is 18.1 Å². The molecular weight excluding hydrogens is 291 g/mol. The van der Waals surface area contributed by atoms with Gasteiger partial charge in [0.25, 0.3) is 0 Å². The van der Waals surface area contributed by atoms with Crippen LogP contribution in [0.2, 0.25) is 0 Å². The number of ether oxygens (including phenoxy) is 1. The number of halogens is 1. The van der Waals surface area contributed by atoms with Crippen molar-refractivity contribution in [3.8, 4) is 5.75 Å². The summed E-state index contributed by atoms with van der Waals surface area (Å²) in [6.45, 7) is 3.87. The maximum absolute atomic E-state index is 13.5. The molecule has 1 aromatic carbocycles. The second-order valence-electron chi connectivity index (χ2n) is 4.68. The minimum Gasteiger partial charge on any atom is -0.494 e. The Morgan fingerprint density at radius 3 is 2.76 bits per heavy atom. The molecule has 0 fully saturated rings. The summed E-state index contributed by atoms with van der Waals surface area (Å²) in [4.78, 5) is 17.2. The van der Waals surface area contributed by atoms with E-state index in [1.807, 2.05) is 13.8 Å². The number of methoxy groups -OCH3 is 1. The fraction of sp³-hybridized carbons (Fsp3) is 0.333. The third kappa shape index (κ3) is 4.01. The number of benzene rings is 1. The Morgan fingerprint density at radius 1 is 1.43 bits per heavy atom. The molecule has 0 aliphatic carbocycles. The lowest BCUT2D eigenvalue weighted by Crippen LogP contribution is -2.12.